The molecule has 0 aliphatic carbocycles. The van der Waals surface area contributed by atoms with Gasteiger partial charge in [-0.3, -0.25) is 9.69 Å². The van der Waals surface area contributed by atoms with Gasteiger partial charge in [0, 0.05) is 31.7 Å². The van der Waals surface area contributed by atoms with Crippen LogP contribution < -0.4 is 5.32 Å². The molecule has 0 bridgehead atoms. The average molecular weight is 239 g/mol. The number of nitrogens with zero attached hydrogens (tertiary/aromatic N) is 2. The van der Waals surface area contributed by atoms with E-state index in [1.165, 1.54) is 25.8 Å². The van der Waals surface area contributed by atoms with Gasteiger partial charge in [-0.15, -0.1) is 0 Å². The highest BCUT2D eigenvalue weighted by Crippen LogP contribution is 2.20. The molecule has 98 valence electrons. The van der Waals surface area contributed by atoms with Crippen LogP contribution in [0.25, 0.3) is 0 Å². The average Bonchev–Trinajstić information content (AvgIpc) is 2.32. The van der Waals surface area contributed by atoms with Crippen molar-refractivity contribution < 1.29 is 4.79 Å². The van der Waals surface area contributed by atoms with E-state index in [2.05, 4.69) is 24.1 Å². The third-order valence-corrected chi connectivity index (χ3v) is 3.95. The van der Waals surface area contributed by atoms with Crippen LogP contribution in [0.5, 0.6) is 0 Å². The molecule has 4 nitrogen and oxygen atoms in total. The highest BCUT2D eigenvalue weighted by atomic mass is 16.2. The Morgan fingerprint density at radius 3 is 2.88 bits per heavy atom. The van der Waals surface area contributed by atoms with Gasteiger partial charge in [0.25, 0.3) is 0 Å². The lowest BCUT2D eigenvalue weighted by molar-refractivity contribution is -0.133. The summed E-state index contributed by atoms with van der Waals surface area (Å²) in [5, 5.41) is 3.13. The molecule has 1 N–H and O–H groups in total. The van der Waals surface area contributed by atoms with Crippen molar-refractivity contribution in [1.29, 1.82) is 0 Å². The molecule has 2 heterocycles. The van der Waals surface area contributed by atoms with Crippen LogP contribution in [0.3, 0.4) is 0 Å². The van der Waals surface area contributed by atoms with Crippen molar-refractivity contribution in [2.75, 3.05) is 32.7 Å². The minimum Gasteiger partial charge on any atom is -0.339 e. The molecule has 0 aromatic rings. The highest BCUT2D eigenvalue weighted by Gasteiger charge is 2.28. The molecule has 2 saturated heterocycles. The predicted octanol–water partition coefficient (Wildman–Crippen LogP) is 0.681. The van der Waals surface area contributed by atoms with Gasteiger partial charge in [-0.1, -0.05) is 6.42 Å². The summed E-state index contributed by atoms with van der Waals surface area (Å²) >= 11 is 0. The first-order chi connectivity index (χ1) is 8.18. The van der Waals surface area contributed by atoms with Crippen LogP contribution in [-0.4, -0.2) is 60.5 Å². The minimum absolute atomic E-state index is 0.269. The largest absolute Gasteiger partial charge is 0.339 e. The van der Waals surface area contributed by atoms with E-state index in [1.54, 1.807) is 0 Å². The molecular formula is C13H25N3O. The van der Waals surface area contributed by atoms with Crippen molar-refractivity contribution in [3.05, 3.63) is 0 Å². The van der Waals surface area contributed by atoms with Crippen molar-refractivity contribution >= 4 is 5.91 Å². The fourth-order valence-electron chi connectivity index (χ4n) is 2.99. The Balaban J connectivity index is 1.92. The lowest BCUT2D eigenvalue weighted by Gasteiger charge is -2.41. The quantitative estimate of drug-likeness (QED) is 0.787. The highest BCUT2D eigenvalue weighted by molar-refractivity contribution is 5.79. The Hall–Kier alpha value is -0.610. The number of carbonyl (C=O) groups excluding carboxylic acids is 1. The van der Waals surface area contributed by atoms with Crippen LogP contribution in [-0.2, 0) is 4.79 Å². The number of rotatable bonds is 3. The topological polar surface area (TPSA) is 35.6 Å². The fourth-order valence-corrected chi connectivity index (χ4v) is 2.99. The molecule has 2 aliphatic rings. The van der Waals surface area contributed by atoms with E-state index < -0.39 is 0 Å². The summed E-state index contributed by atoms with van der Waals surface area (Å²) in [5.41, 5.74) is 0. The van der Waals surface area contributed by atoms with Gasteiger partial charge in [-0.2, -0.15) is 0 Å². The van der Waals surface area contributed by atoms with Crippen molar-refractivity contribution in [1.82, 2.24) is 15.1 Å². The number of carbonyl (C=O) groups is 1. The van der Waals surface area contributed by atoms with Gasteiger partial charge >= 0.3 is 0 Å². The van der Waals surface area contributed by atoms with Gasteiger partial charge < -0.3 is 10.2 Å². The number of piperidine rings is 1. The number of piperazine rings is 1. The van der Waals surface area contributed by atoms with Crippen molar-refractivity contribution in [2.24, 2.45) is 0 Å². The Morgan fingerprint density at radius 1 is 1.35 bits per heavy atom. The molecule has 4 heteroatoms. The third kappa shape index (κ3) is 3.19. The molecule has 0 aromatic carbocycles. The molecule has 1 amide bonds. The number of hydrogen-bond donors (Lipinski definition) is 1. The van der Waals surface area contributed by atoms with E-state index in [-0.39, 0.29) is 5.91 Å². The van der Waals surface area contributed by atoms with Crippen LogP contribution in [0.4, 0.5) is 0 Å². The van der Waals surface area contributed by atoms with E-state index in [4.69, 9.17) is 0 Å². The molecule has 0 aromatic heterocycles. The number of hydrogen-bond acceptors (Lipinski definition) is 3. The summed E-state index contributed by atoms with van der Waals surface area (Å²) < 4.78 is 0. The Morgan fingerprint density at radius 2 is 2.18 bits per heavy atom. The van der Waals surface area contributed by atoms with Crippen LogP contribution in [0.1, 0.15) is 33.1 Å². The van der Waals surface area contributed by atoms with Crippen molar-refractivity contribution in [3.63, 3.8) is 0 Å². The molecule has 2 rings (SSSR count). The van der Waals surface area contributed by atoms with Gasteiger partial charge in [0.05, 0.1) is 6.54 Å². The number of likely N-dealkylation sites (tertiary alicyclic amines) is 1. The second kappa shape index (κ2) is 5.83. The molecule has 1 unspecified atom stereocenters. The van der Waals surface area contributed by atoms with Gasteiger partial charge in [-0.25, -0.2) is 0 Å². The zero-order valence-electron chi connectivity index (χ0n) is 11.1. The molecule has 17 heavy (non-hydrogen) atoms. The molecule has 2 aliphatic heterocycles. The summed E-state index contributed by atoms with van der Waals surface area (Å²) in [6.07, 6.45) is 3.87. The van der Waals surface area contributed by atoms with E-state index in [0.29, 0.717) is 18.6 Å². The number of nitrogens with one attached hydrogen (secondary N) is 1. The van der Waals surface area contributed by atoms with E-state index in [1.807, 2.05) is 4.90 Å². The second-order valence-corrected chi connectivity index (χ2v) is 5.50. The normalized spacial score (nSPS) is 27.8. The standard InChI is InChI=1S/C13H25N3O/c1-11(2)16-7-4-3-5-12(16)10-15-8-6-14-9-13(15)17/h11-12,14H,3-10H2,1-2H3. The molecule has 0 saturated carbocycles. The number of amides is 1. The second-order valence-electron chi connectivity index (χ2n) is 5.50. The van der Waals surface area contributed by atoms with Gasteiger partial charge in [0.1, 0.15) is 0 Å². The first kappa shape index (κ1) is 12.8. The van der Waals surface area contributed by atoms with Crippen LogP contribution in [0, 0.1) is 0 Å². The van der Waals surface area contributed by atoms with Gasteiger partial charge in [0.2, 0.25) is 5.91 Å². The van der Waals surface area contributed by atoms with Crippen LogP contribution in [0.2, 0.25) is 0 Å². The van der Waals surface area contributed by atoms with E-state index in [0.717, 1.165) is 19.6 Å². The maximum absolute atomic E-state index is 11.8. The molecule has 2 fully saturated rings. The summed E-state index contributed by atoms with van der Waals surface area (Å²) in [6.45, 7) is 8.99. The van der Waals surface area contributed by atoms with Crippen molar-refractivity contribution in [3.8, 4) is 0 Å². The Bertz CT molecular complexity index is 267. The first-order valence-electron chi connectivity index (χ1n) is 6.92. The Kier molecular flexibility index (Phi) is 4.40. The summed E-state index contributed by atoms with van der Waals surface area (Å²) in [7, 11) is 0. The van der Waals surface area contributed by atoms with Gasteiger partial charge in [-0.05, 0) is 33.2 Å². The predicted molar refractivity (Wildman–Crippen MR) is 68.9 cm³/mol. The van der Waals surface area contributed by atoms with Crippen LogP contribution in [0.15, 0.2) is 0 Å². The lowest BCUT2D eigenvalue weighted by Crippen LogP contribution is -2.55. The van der Waals surface area contributed by atoms with E-state index in [9.17, 15) is 4.79 Å². The fraction of sp³-hybridized carbons (Fsp3) is 0.923. The first-order valence-corrected chi connectivity index (χ1v) is 6.92. The zero-order valence-corrected chi connectivity index (χ0v) is 11.1. The smallest absolute Gasteiger partial charge is 0.236 e. The molecule has 1 atom stereocenters. The lowest BCUT2D eigenvalue weighted by atomic mass is 9.99. The van der Waals surface area contributed by atoms with Gasteiger partial charge in [0.15, 0.2) is 0 Å². The van der Waals surface area contributed by atoms with E-state index >= 15 is 0 Å². The summed E-state index contributed by atoms with van der Waals surface area (Å²) in [4.78, 5) is 16.4. The summed E-state index contributed by atoms with van der Waals surface area (Å²) in [6, 6.07) is 1.17. The van der Waals surface area contributed by atoms with Crippen LogP contribution >= 0.6 is 0 Å². The SMILES string of the molecule is CC(C)N1CCCCC1CN1CCNCC1=O. The monoisotopic (exact) mass is 239 g/mol. The Labute approximate surface area is 104 Å². The molecule has 0 spiro atoms. The maximum Gasteiger partial charge on any atom is 0.236 e. The molecule has 0 radical (unpaired) electrons. The van der Waals surface area contributed by atoms with Crippen molar-refractivity contribution in [2.45, 2.75) is 45.2 Å². The maximum atomic E-state index is 11.8. The summed E-state index contributed by atoms with van der Waals surface area (Å²) in [5.74, 6) is 0.269. The molecular weight excluding hydrogens is 214 g/mol. The zero-order chi connectivity index (χ0) is 12.3. The third-order valence-electron chi connectivity index (χ3n) is 3.95. The minimum atomic E-state index is 0.269.